The molecule has 4 aromatic rings. The molecule has 6 nitrogen and oxygen atoms in total. The first-order chi connectivity index (χ1) is 14.2. The molecule has 0 N–H and O–H groups in total. The van der Waals surface area contributed by atoms with Gasteiger partial charge in [0.05, 0.1) is 27.8 Å². The highest BCUT2D eigenvalue weighted by Crippen LogP contribution is 2.29. The zero-order valence-electron chi connectivity index (χ0n) is 16.4. The number of thiazole rings is 1. The number of para-hydroxylation sites is 2. The Bertz CT molecular complexity index is 1200. The van der Waals surface area contributed by atoms with E-state index in [1.54, 1.807) is 11.3 Å². The zero-order chi connectivity index (χ0) is 19.8. The molecule has 4 heterocycles. The molecule has 1 fully saturated rings. The summed E-state index contributed by atoms with van der Waals surface area (Å²) in [4.78, 5) is 14.1. The number of aryl methyl sites for hydroxylation is 1. The molecule has 0 saturated carbocycles. The number of anilines is 1. The average Bonchev–Trinajstić information content (AvgIpc) is 3.30. The van der Waals surface area contributed by atoms with Crippen molar-refractivity contribution >= 4 is 33.8 Å². The van der Waals surface area contributed by atoms with Gasteiger partial charge in [-0.15, -0.1) is 11.3 Å². The van der Waals surface area contributed by atoms with Gasteiger partial charge in [0.1, 0.15) is 11.9 Å². The van der Waals surface area contributed by atoms with Crippen LogP contribution in [0.2, 0.25) is 0 Å². The van der Waals surface area contributed by atoms with E-state index >= 15 is 0 Å². The van der Waals surface area contributed by atoms with Crippen molar-refractivity contribution in [2.24, 2.45) is 0 Å². The second-order valence-electron chi connectivity index (χ2n) is 7.53. The fourth-order valence-corrected chi connectivity index (χ4v) is 4.76. The zero-order valence-corrected chi connectivity index (χ0v) is 17.2. The number of fused-ring (bicyclic) bond motifs is 3. The summed E-state index contributed by atoms with van der Waals surface area (Å²) in [7, 11) is 0. The van der Waals surface area contributed by atoms with E-state index in [-0.39, 0.29) is 0 Å². The van der Waals surface area contributed by atoms with E-state index in [4.69, 9.17) is 4.98 Å². The topological polar surface area (TPSA) is 60.5 Å². The maximum atomic E-state index is 9.72. The molecule has 29 heavy (non-hydrogen) atoms. The third kappa shape index (κ3) is 3.24. The molecular weight excluding hydrogens is 380 g/mol. The number of aromatic nitrogens is 3. The van der Waals surface area contributed by atoms with Gasteiger partial charge in [-0.1, -0.05) is 12.1 Å². The van der Waals surface area contributed by atoms with Crippen LogP contribution in [-0.2, 0) is 6.54 Å². The van der Waals surface area contributed by atoms with Crippen LogP contribution in [0.25, 0.3) is 16.7 Å². The van der Waals surface area contributed by atoms with Crippen LogP contribution in [0.4, 0.5) is 5.82 Å². The second kappa shape index (κ2) is 7.47. The van der Waals surface area contributed by atoms with Gasteiger partial charge in [0.15, 0.2) is 5.65 Å². The molecule has 5 rings (SSSR count). The molecule has 1 aromatic carbocycles. The minimum atomic E-state index is 0.657. The van der Waals surface area contributed by atoms with E-state index in [0.29, 0.717) is 5.56 Å². The monoisotopic (exact) mass is 402 g/mol. The number of benzene rings is 1. The molecular formula is C22H22N6S. The highest BCUT2D eigenvalue weighted by atomic mass is 32.1. The van der Waals surface area contributed by atoms with Crippen molar-refractivity contribution in [2.45, 2.75) is 19.9 Å². The number of rotatable bonds is 3. The molecule has 0 aliphatic carbocycles. The van der Waals surface area contributed by atoms with Gasteiger partial charge >= 0.3 is 0 Å². The quantitative estimate of drug-likeness (QED) is 0.521. The molecule has 7 heteroatoms. The smallest absolute Gasteiger partial charge is 0.157 e. The molecule has 0 atom stereocenters. The lowest BCUT2D eigenvalue weighted by molar-refractivity contribution is 0.282. The summed E-state index contributed by atoms with van der Waals surface area (Å²) in [5.41, 5.74) is 7.43. The van der Waals surface area contributed by atoms with Gasteiger partial charge in [-0.05, 0) is 37.1 Å². The molecule has 146 valence electrons. The van der Waals surface area contributed by atoms with E-state index in [2.05, 4.69) is 42.8 Å². The van der Waals surface area contributed by atoms with Crippen LogP contribution in [0, 0.1) is 18.3 Å². The normalized spacial score (nSPS) is 15.7. The van der Waals surface area contributed by atoms with Crippen LogP contribution < -0.4 is 4.90 Å². The summed E-state index contributed by atoms with van der Waals surface area (Å²) < 4.78 is 2.16. The first-order valence-electron chi connectivity index (χ1n) is 9.90. The van der Waals surface area contributed by atoms with Crippen molar-refractivity contribution in [1.82, 2.24) is 19.3 Å². The van der Waals surface area contributed by atoms with Gasteiger partial charge in [-0.3, -0.25) is 9.30 Å². The van der Waals surface area contributed by atoms with Crippen LogP contribution in [-0.4, -0.2) is 45.4 Å². The lowest BCUT2D eigenvalue weighted by Crippen LogP contribution is -2.31. The van der Waals surface area contributed by atoms with Crippen LogP contribution in [0.3, 0.4) is 0 Å². The van der Waals surface area contributed by atoms with Crippen molar-refractivity contribution in [3.05, 3.63) is 58.0 Å². The van der Waals surface area contributed by atoms with Crippen molar-refractivity contribution in [3.8, 4) is 6.07 Å². The maximum absolute atomic E-state index is 9.72. The van der Waals surface area contributed by atoms with Gasteiger partial charge in [0, 0.05) is 38.1 Å². The Hall–Kier alpha value is -2.95. The number of nitriles is 1. The Morgan fingerprint density at radius 3 is 2.90 bits per heavy atom. The molecule has 0 bridgehead atoms. The fraction of sp³-hybridized carbons (Fsp3) is 0.318. The molecule has 0 spiro atoms. The summed E-state index contributed by atoms with van der Waals surface area (Å²) in [5.74, 6) is 1.13. The molecule has 1 aliphatic rings. The van der Waals surface area contributed by atoms with E-state index in [1.807, 2.05) is 30.6 Å². The predicted octanol–water partition coefficient (Wildman–Crippen LogP) is 3.84. The summed E-state index contributed by atoms with van der Waals surface area (Å²) in [6, 6.07) is 12.6. The average molecular weight is 403 g/mol. The Morgan fingerprint density at radius 2 is 2.07 bits per heavy atom. The molecule has 0 unspecified atom stereocenters. The molecule has 1 aliphatic heterocycles. The standard InChI is InChI=1S/C22H22N6S/c1-16-11-21(27-8-4-7-26(9-10-27)13-17-14-29-15-24-17)28-20-6-3-2-5-19(20)25-22(28)18(16)12-23/h2-3,5-6,11,14-15H,4,7-10,13H2,1H3. The Balaban J connectivity index is 1.54. The first kappa shape index (κ1) is 18.1. The van der Waals surface area contributed by atoms with Crippen molar-refractivity contribution in [2.75, 3.05) is 31.1 Å². The fourth-order valence-electron chi connectivity index (χ4n) is 4.21. The number of hydrogen-bond donors (Lipinski definition) is 0. The van der Waals surface area contributed by atoms with E-state index in [0.717, 1.165) is 72.9 Å². The maximum Gasteiger partial charge on any atom is 0.157 e. The minimum absolute atomic E-state index is 0.657. The molecule has 1 saturated heterocycles. The minimum Gasteiger partial charge on any atom is -0.356 e. The van der Waals surface area contributed by atoms with E-state index < -0.39 is 0 Å². The molecule has 0 amide bonds. The predicted molar refractivity (Wildman–Crippen MR) is 116 cm³/mol. The van der Waals surface area contributed by atoms with E-state index in [1.165, 1.54) is 0 Å². The summed E-state index contributed by atoms with van der Waals surface area (Å²) in [6.07, 6.45) is 1.09. The SMILES string of the molecule is Cc1cc(N2CCCN(Cc3cscn3)CC2)n2c(nc3ccccc32)c1C#N. The lowest BCUT2D eigenvalue weighted by atomic mass is 10.1. The van der Waals surface area contributed by atoms with Crippen LogP contribution in [0.5, 0.6) is 0 Å². The summed E-state index contributed by atoms with van der Waals surface area (Å²) in [6.45, 7) is 6.90. The van der Waals surface area contributed by atoms with Crippen molar-refractivity contribution < 1.29 is 0 Å². The van der Waals surface area contributed by atoms with Crippen molar-refractivity contribution in [1.29, 1.82) is 5.26 Å². The van der Waals surface area contributed by atoms with E-state index in [9.17, 15) is 5.26 Å². The van der Waals surface area contributed by atoms with Crippen molar-refractivity contribution in [3.63, 3.8) is 0 Å². The Morgan fingerprint density at radius 1 is 1.17 bits per heavy atom. The molecule has 3 aromatic heterocycles. The Kier molecular flexibility index (Phi) is 4.66. The lowest BCUT2D eigenvalue weighted by Gasteiger charge is -2.25. The van der Waals surface area contributed by atoms with Gasteiger partial charge in [-0.25, -0.2) is 9.97 Å². The van der Waals surface area contributed by atoms with Crippen LogP contribution in [0.1, 0.15) is 23.2 Å². The number of pyridine rings is 1. The van der Waals surface area contributed by atoms with Gasteiger partial charge in [0.25, 0.3) is 0 Å². The Labute approximate surface area is 173 Å². The summed E-state index contributed by atoms with van der Waals surface area (Å²) >= 11 is 1.65. The van der Waals surface area contributed by atoms with Crippen LogP contribution in [0.15, 0.2) is 41.2 Å². The highest BCUT2D eigenvalue weighted by Gasteiger charge is 2.21. The second-order valence-corrected chi connectivity index (χ2v) is 8.25. The van der Waals surface area contributed by atoms with Gasteiger partial charge < -0.3 is 4.90 Å². The van der Waals surface area contributed by atoms with Gasteiger partial charge in [0.2, 0.25) is 0 Å². The number of imidazole rings is 1. The first-order valence-corrected chi connectivity index (χ1v) is 10.8. The number of hydrogen-bond acceptors (Lipinski definition) is 6. The van der Waals surface area contributed by atoms with Crippen LogP contribution >= 0.6 is 11.3 Å². The highest BCUT2D eigenvalue weighted by molar-refractivity contribution is 7.07. The largest absolute Gasteiger partial charge is 0.356 e. The molecule has 0 radical (unpaired) electrons. The summed E-state index contributed by atoms with van der Waals surface area (Å²) in [5, 5.41) is 11.8. The van der Waals surface area contributed by atoms with Gasteiger partial charge in [-0.2, -0.15) is 5.26 Å². The third-order valence-corrected chi connectivity index (χ3v) is 6.28. The third-order valence-electron chi connectivity index (χ3n) is 5.65. The number of nitrogens with zero attached hydrogens (tertiary/aromatic N) is 6.